The van der Waals surface area contributed by atoms with Gasteiger partial charge in [-0.3, -0.25) is 0 Å². The molecule has 1 saturated heterocycles. The van der Waals surface area contributed by atoms with Gasteiger partial charge >= 0.3 is 12.2 Å². The molecule has 7 nitrogen and oxygen atoms in total. The number of benzene rings is 2. The van der Waals surface area contributed by atoms with E-state index < -0.39 is 6.16 Å². The zero-order valence-corrected chi connectivity index (χ0v) is 19.5. The Morgan fingerprint density at radius 1 is 1.06 bits per heavy atom. The van der Waals surface area contributed by atoms with Crippen LogP contribution in [0.15, 0.2) is 48.5 Å². The summed E-state index contributed by atoms with van der Waals surface area (Å²) in [6.45, 7) is 0.806. The molecule has 2 fully saturated rings. The summed E-state index contributed by atoms with van der Waals surface area (Å²) in [5.41, 5.74) is 3.65. The van der Waals surface area contributed by atoms with Crippen molar-refractivity contribution >= 4 is 12.2 Å². The molecule has 180 valence electrons. The van der Waals surface area contributed by atoms with Gasteiger partial charge in [0.15, 0.2) is 0 Å². The molecule has 34 heavy (non-hydrogen) atoms. The van der Waals surface area contributed by atoms with Gasteiger partial charge in [-0.15, -0.1) is 0 Å². The Morgan fingerprint density at radius 3 is 2.74 bits per heavy atom. The van der Waals surface area contributed by atoms with Crippen molar-refractivity contribution in [2.75, 3.05) is 20.4 Å². The molecule has 7 heteroatoms. The van der Waals surface area contributed by atoms with E-state index >= 15 is 0 Å². The van der Waals surface area contributed by atoms with Crippen molar-refractivity contribution in [1.29, 1.82) is 0 Å². The standard InChI is InChI=1S/C27H31NO6/c1-31-26(30)34-18-33-21-11-10-20-15-24-22-9-5-6-12-27(22,23(20)16-21)13-14-28(24)25(29)32-17-19-7-3-2-4-8-19/h2-4,7-8,10-11,16,22,24H,5-6,9,12-15,17-18H2,1H3/t22-,24+,27+/m0/s1. The highest BCUT2D eigenvalue weighted by Crippen LogP contribution is 2.56. The predicted molar refractivity (Wildman–Crippen MR) is 125 cm³/mol. The van der Waals surface area contributed by atoms with Crippen molar-refractivity contribution in [1.82, 2.24) is 4.90 Å². The Labute approximate surface area is 199 Å². The largest absolute Gasteiger partial charge is 0.510 e. The topological polar surface area (TPSA) is 74.3 Å². The third-order valence-corrected chi connectivity index (χ3v) is 7.82. The lowest BCUT2D eigenvalue weighted by molar-refractivity contribution is -0.0141. The zero-order chi connectivity index (χ0) is 23.5. The number of methoxy groups -OCH3 is 1. The molecule has 2 bridgehead atoms. The van der Waals surface area contributed by atoms with Crippen molar-refractivity contribution in [3.63, 3.8) is 0 Å². The lowest BCUT2D eigenvalue weighted by Crippen LogP contribution is -2.62. The molecule has 5 rings (SSSR count). The fourth-order valence-corrected chi connectivity index (χ4v) is 6.31. The third-order valence-electron chi connectivity index (χ3n) is 7.82. The van der Waals surface area contributed by atoms with Crippen LogP contribution in [0, 0.1) is 5.92 Å². The summed E-state index contributed by atoms with van der Waals surface area (Å²) in [5, 5.41) is 0. The van der Waals surface area contributed by atoms with Crippen molar-refractivity contribution in [3.8, 4) is 5.75 Å². The molecule has 0 unspecified atom stereocenters. The maximum absolute atomic E-state index is 13.1. The first-order valence-corrected chi connectivity index (χ1v) is 12.0. The summed E-state index contributed by atoms with van der Waals surface area (Å²) in [4.78, 5) is 26.3. The molecule has 1 heterocycles. The Hall–Kier alpha value is -3.22. The fourth-order valence-electron chi connectivity index (χ4n) is 6.31. The Kier molecular flexibility index (Phi) is 6.35. The number of hydrogen-bond acceptors (Lipinski definition) is 6. The van der Waals surface area contributed by atoms with Gasteiger partial charge in [-0.25, -0.2) is 9.59 Å². The van der Waals surface area contributed by atoms with Gasteiger partial charge < -0.3 is 23.8 Å². The Morgan fingerprint density at radius 2 is 1.91 bits per heavy atom. The number of ether oxygens (including phenoxy) is 4. The molecule has 3 aliphatic rings. The van der Waals surface area contributed by atoms with Gasteiger partial charge in [0.25, 0.3) is 0 Å². The van der Waals surface area contributed by atoms with Crippen LogP contribution in [0.2, 0.25) is 0 Å². The fraction of sp³-hybridized carbons (Fsp3) is 0.481. The van der Waals surface area contributed by atoms with Crippen LogP contribution in [-0.4, -0.2) is 43.6 Å². The van der Waals surface area contributed by atoms with Crippen molar-refractivity contribution in [3.05, 3.63) is 65.2 Å². The Balaban J connectivity index is 1.35. The second kappa shape index (κ2) is 9.57. The quantitative estimate of drug-likeness (QED) is 0.446. The molecule has 3 atom stereocenters. The van der Waals surface area contributed by atoms with E-state index in [1.54, 1.807) is 0 Å². The molecule has 2 aliphatic carbocycles. The average molecular weight is 466 g/mol. The number of carbonyl (C=O) groups excluding carboxylic acids is 2. The van der Waals surface area contributed by atoms with Crippen molar-refractivity contribution < 1.29 is 28.5 Å². The van der Waals surface area contributed by atoms with Gasteiger partial charge in [0.2, 0.25) is 6.79 Å². The molecule has 2 aromatic carbocycles. The van der Waals surface area contributed by atoms with Crippen molar-refractivity contribution in [2.24, 2.45) is 5.92 Å². The summed E-state index contributed by atoms with van der Waals surface area (Å²) in [5.74, 6) is 1.10. The van der Waals surface area contributed by atoms with E-state index in [4.69, 9.17) is 14.2 Å². The summed E-state index contributed by atoms with van der Waals surface area (Å²) < 4.78 is 20.8. The highest BCUT2D eigenvalue weighted by atomic mass is 16.8. The van der Waals surface area contributed by atoms with Crippen LogP contribution in [0.3, 0.4) is 0 Å². The second-order valence-corrected chi connectivity index (χ2v) is 9.44. The van der Waals surface area contributed by atoms with Crippen LogP contribution in [0.1, 0.15) is 48.8 Å². The number of fused-ring (bicyclic) bond motifs is 1. The number of likely N-dealkylation sites (tertiary alicyclic amines) is 1. The minimum atomic E-state index is -0.765. The van der Waals surface area contributed by atoms with Gasteiger partial charge in [0, 0.05) is 18.0 Å². The molecular weight excluding hydrogens is 434 g/mol. The van der Waals surface area contributed by atoms with E-state index in [2.05, 4.69) is 16.9 Å². The molecule has 1 amide bonds. The van der Waals surface area contributed by atoms with E-state index in [-0.39, 0.29) is 24.3 Å². The van der Waals surface area contributed by atoms with Gasteiger partial charge in [-0.1, -0.05) is 49.2 Å². The minimum Gasteiger partial charge on any atom is -0.457 e. The van der Waals surface area contributed by atoms with E-state index in [9.17, 15) is 9.59 Å². The van der Waals surface area contributed by atoms with Crippen LogP contribution < -0.4 is 4.74 Å². The van der Waals surface area contributed by atoms with Crippen LogP contribution >= 0.6 is 0 Å². The van der Waals surface area contributed by atoms with E-state index in [1.807, 2.05) is 41.3 Å². The number of nitrogens with zero attached hydrogens (tertiary/aromatic N) is 1. The number of hydrogen-bond donors (Lipinski definition) is 0. The summed E-state index contributed by atoms with van der Waals surface area (Å²) in [7, 11) is 1.27. The van der Waals surface area contributed by atoms with Crippen LogP contribution in [0.25, 0.3) is 0 Å². The third kappa shape index (κ3) is 4.19. The maximum Gasteiger partial charge on any atom is 0.510 e. The SMILES string of the molecule is COC(=O)OCOc1ccc2c(c1)[C@@]13CCCC[C@H]1[C@@H](C2)N(C(=O)OCc1ccccc1)CC3. The van der Waals surface area contributed by atoms with Crippen molar-refractivity contribution in [2.45, 2.75) is 56.6 Å². The lowest BCUT2D eigenvalue weighted by Gasteiger charge is -2.58. The number of amides is 1. The van der Waals surface area contributed by atoms with Gasteiger partial charge in [-0.05, 0) is 60.4 Å². The van der Waals surface area contributed by atoms with Gasteiger partial charge in [-0.2, -0.15) is 0 Å². The monoisotopic (exact) mass is 465 g/mol. The summed E-state index contributed by atoms with van der Waals surface area (Å²) >= 11 is 0. The predicted octanol–water partition coefficient (Wildman–Crippen LogP) is 5.20. The van der Waals surface area contributed by atoms with E-state index in [0.717, 1.165) is 31.2 Å². The molecule has 0 spiro atoms. The van der Waals surface area contributed by atoms with Gasteiger partial charge in [0.1, 0.15) is 12.4 Å². The zero-order valence-electron chi connectivity index (χ0n) is 19.5. The maximum atomic E-state index is 13.1. The molecule has 0 aromatic heterocycles. The molecular formula is C27H31NO6. The summed E-state index contributed by atoms with van der Waals surface area (Å²) in [6, 6.07) is 16.1. The van der Waals surface area contributed by atoms with Crippen LogP contribution in [0.5, 0.6) is 5.75 Å². The normalized spacial score (nSPS) is 24.9. The number of rotatable bonds is 5. The lowest BCUT2D eigenvalue weighted by atomic mass is 9.52. The minimum absolute atomic E-state index is 0.0509. The molecule has 1 saturated carbocycles. The first-order valence-electron chi connectivity index (χ1n) is 12.0. The first kappa shape index (κ1) is 22.6. The molecule has 1 aliphatic heterocycles. The number of piperidine rings is 1. The highest BCUT2D eigenvalue weighted by Gasteiger charge is 2.55. The van der Waals surface area contributed by atoms with E-state index in [1.165, 1.54) is 31.1 Å². The van der Waals surface area contributed by atoms with Crippen LogP contribution in [0.4, 0.5) is 9.59 Å². The first-order chi connectivity index (χ1) is 16.6. The van der Waals surface area contributed by atoms with E-state index in [0.29, 0.717) is 24.8 Å². The summed E-state index contributed by atoms with van der Waals surface area (Å²) in [6.07, 6.45) is 5.38. The highest BCUT2D eigenvalue weighted by molar-refractivity contribution is 5.69. The number of carbonyl (C=O) groups is 2. The second-order valence-electron chi connectivity index (χ2n) is 9.44. The smallest absolute Gasteiger partial charge is 0.457 e. The molecule has 0 N–H and O–H groups in total. The Bertz CT molecular complexity index is 1040. The van der Waals surface area contributed by atoms with Crippen LogP contribution in [-0.2, 0) is 32.7 Å². The van der Waals surface area contributed by atoms with Gasteiger partial charge in [0.05, 0.1) is 7.11 Å². The molecule has 0 radical (unpaired) electrons. The molecule has 2 aromatic rings. The average Bonchev–Trinajstić information content (AvgIpc) is 2.88.